The summed E-state index contributed by atoms with van der Waals surface area (Å²) < 4.78 is 83.1. The zero-order valence-electron chi connectivity index (χ0n) is 19.8. The fourth-order valence-electron chi connectivity index (χ4n) is 4.73. The van der Waals surface area contributed by atoms with Crippen LogP contribution in [0, 0.1) is 34.9 Å². The molecular weight excluding hydrogens is 510 g/mol. The Morgan fingerprint density at radius 2 is 1.50 bits per heavy atom. The second-order valence-electron chi connectivity index (χ2n) is 9.18. The van der Waals surface area contributed by atoms with Gasteiger partial charge in [-0.15, -0.1) is 0 Å². The number of benzene rings is 3. The maximum absolute atomic E-state index is 15.2. The number of rotatable bonds is 6. The molecule has 10 heteroatoms. The summed E-state index contributed by atoms with van der Waals surface area (Å²) in [4.78, 5) is 29.3. The van der Waals surface area contributed by atoms with Crippen LogP contribution in [0.1, 0.15) is 46.0 Å². The van der Waals surface area contributed by atoms with Crippen molar-refractivity contribution in [1.82, 2.24) is 5.32 Å². The Morgan fingerprint density at radius 1 is 0.868 bits per heavy atom. The maximum atomic E-state index is 15.2. The highest BCUT2D eigenvalue weighted by Crippen LogP contribution is 2.35. The van der Waals surface area contributed by atoms with Gasteiger partial charge in [-0.05, 0) is 35.3 Å². The fourth-order valence-corrected chi connectivity index (χ4v) is 4.73. The van der Waals surface area contributed by atoms with Crippen LogP contribution >= 0.6 is 0 Å². The van der Waals surface area contributed by atoms with E-state index in [0.717, 1.165) is 17.4 Å². The van der Waals surface area contributed by atoms with Gasteiger partial charge in [0.05, 0.1) is 11.3 Å². The molecule has 0 radical (unpaired) electrons. The first-order valence-corrected chi connectivity index (χ1v) is 11.5. The van der Waals surface area contributed by atoms with Crippen molar-refractivity contribution in [2.24, 2.45) is 4.99 Å². The number of hydrogen-bond donors (Lipinski definition) is 1. The van der Waals surface area contributed by atoms with Gasteiger partial charge < -0.3 is 5.32 Å². The summed E-state index contributed by atoms with van der Waals surface area (Å²) in [7, 11) is 0. The number of amides is 1. The van der Waals surface area contributed by atoms with Crippen LogP contribution in [0.3, 0.4) is 0 Å². The van der Waals surface area contributed by atoms with Crippen molar-refractivity contribution in [1.29, 1.82) is 0 Å². The topological polar surface area (TPSA) is 58.5 Å². The summed E-state index contributed by atoms with van der Waals surface area (Å²) in [6, 6.07) is 7.30. The monoisotopic (exact) mass is 528 g/mol. The van der Waals surface area contributed by atoms with Crippen molar-refractivity contribution in [2.75, 3.05) is 0 Å². The van der Waals surface area contributed by atoms with Gasteiger partial charge in [0.25, 0.3) is 5.91 Å². The smallest absolute Gasteiger partial charge is 0.252 e. The third-order valence-electron chi connectivity index (χ3n) is 6.56. The molecule has 3 aromatic rings. The number of nitrogens with one attached hydrogen (secondary N) is 1. The average molecular weight is 528 g/mol. The first-order valence-electron chi connectivity index (χ1n) is 11.5. The molecule has 1 N–H and O–H groups in total. The van der Waals surface area contributed by atoms with E-state index in [1.807, 2.05) is 6.92 Å². The van der Waals surface area contributed by atoms with E-state index in [1.54, 1.807) is 18.3 Å². The summed E-state index contributed by atoms with van der Waals surface area (Å²) in [5, 5.41) is 2.75. The van der Waals surface area contributed by atoms with Crippen molar-refractivity contribution < 1.29 is 35.9 Å². The molecule has 0 spiro atoms. The van der Waals surface area contributed by atoms with E-state index in [4.69, 9.17) is 0 Å². The number of halogens is 6. The van der Waals surface area contributed by atoms with Crippen molar-refractivity contribution >= 4 is 17.4 Å². The summed E-state index contributed by atoms with van der Waals surface area (Å²) >= 11 is 0. The third kappa shape index (κ3) is 4.29. The number of fused-ring (bicyclic) bond motifs is 1. The molecule has 0 saturated heterocycles. The summed E-state index contributed by atoms with van der Waals surface area (Å²) in [5.41, 5.74) is 3.03. The van der Waals surface area contributed by atoms with Crippen LogP contribution in [0.5, 0.6) is 0 Å². The Balaban J connectivity index is 1.41. The first kappa shape index (κ1) is 25.4. The maximum Gasteiger partial charge on any atom is 0.252 e. The Morgan fingerprint density at radius 3 is 2.13 bits per heavy atom. The predicted molar refractivity (Wildman–Crippen MR) is 127 cm³/mol. The summed E-state index contributed by atoms with van der Waals surface area (Å²) in [5.74, 6) is -12.6. The highest BCUT2D eigenvalue weighted by molar-refractivity contribution is 6.14. The molecule has 38 heavy (non-hydrogen) atoms. The van der Waals surface area contributed by atoms with Gasteiger partial charge in [-0.3, -0.25) is 14.6 Å². The minimum absolute atomic E-state index is 0.143. The zero-order valence-corrected chi connectivity index (χ0v) is 19.8. The van der Waals surface area contributed by atoms with Crippen LogP contribution < -0.4 is 5.32 Å². The van der Waals surface area contributed by atoms with Crippen molar-refractivity contribution in [2.45, 2.75) is 32.7 Å². The normalized spacial score (nSPS) is 14.3. The van der Waals surface area contributed by atoms with E-state index >= 15 is 4.39 Å². The SMILES string of the molecule is CC1=CN=C(c2ccc(-c3ccc(CC(=O)Cc4c(F)c(F)c(F)c(F)c4F)cc3F)c3c2C(=O)NC3)C1. The molecule has 0 atom stereocenters. The number of Topliss-reactive ketones (excluding diaryl/α,β-unsaturated/α-hetero) is 1. The quantitative estimate of drug-likeness (QED) is 0.247. The standard InChI is InChI=1S/C28H18F6N2O2/c1-12-6-21(35-10-12)17-5-4-15(19-11-36-28(38)22(17)19)16-3-2-13(8-20(16)29)7-14(37)9-18-23(30)25(32)27(34)26(33)24(18)31/h2-5,8,10H,6-7,9,11H2,1H3,(H,36,38). The molecule has 2 aliphatic rings. The second kappa shape index (κ2) is 9.59. The zero-order chi connectivity index (χ0) is 27.3. The predicted octanol–water partition coefficient (Wildman–Crippen LogP) is 5.88. The first-order chi connectivity index (χ1) is 18.1. The van der Waals surface area contributed by atoms with Gasteiger partial charge in [-0.25, -0.2) is 26.3 Å². The Labute approximate surface area is 212 Å². The van der Waals surface area contributed by atoms with E-state index < -0.39 is 59.1 Å². The molecule has 0 bridgehead atoms. The molecule has 2 aliphatic heterocycles. The van der Waals surface area contributed by atoms with Gasteiger partial charge in [0.15, 0.2) is 23.3 Å². The van der Waals surface area contributed by atoms with Gasteiger partial charge in [0.1, 0.15) is 11.6 Å². The summed E-state index contributed by atoms with van der Waals surface area (Å²) in [6.45, 7) is 2.12. The molecule has 4 nitrogen and oxygen atoms in total. The number of aliphatic imine (C=N–C) groups is 1. The van der Waals surface area contributed by atoms with E-state index in [9.17, 15) is 31.5 Å². The van der Waals surface area contributed by atoms with Gasteiger partial charge in [-0.2, -0.15) is 0 Å². The number of allylic oxidation sites excluding steroid dienone is 1. The van der Waals surface area contributed by atoms with Crippen LogP contribution in [0.4, 0.5) is 26.3 Å². The molecule has 2 heterocycles. The second-order valence-corrected chi connectivity index (χ2v) is 9.18. The lowest BCUT2D eigenvalue weighted by Gasteiger charge is -2.13. The fraction of sp³-hybridized carbons (Fsp3) is 0.179. The number of hydrogen-bond acceptors (Lipinski definition) is 3. The molecular formula is C28H18F6N2O2. The van der Waals surface area contributed by atoms with E-state index in [0.29, 0.717) is 28.7 Å². The Kier molecular flexibility index (Phi) is 6.42. The number of carbonyl (C=O) groups is 2. The summed E-state index contributed by atoms with van der Waals surface area (Å²) in [6.07, 6.45) is 0.769. The average Bonchev–Trinajstić information content (AvgIpc) is 3.50. The number of ketones is 1. The van der Waals surface area contributed by atoms with Crippen LogP contribution in [-0.2, 0) is 24.2 Å². The molecule has 0 saturated carbocycles. The molecule has 0 unspecified atom stereocenters. The van der Waals surface area contributed by atoms with Crippen LogP contribution in [0.25, 0.3) is 11.1 Å². The van der Waals surface area contributed by atoms with Gasteiger partial charge >= 0.3 is 0 Å². The molecule has 1 amide bonds. The molecule has 5 rings (SSSR count). The number of nitrogens with zero attached hydrogens (tertiary/aromatic N) is 1. The van der Waals surface area contributed by atoms with Crippen molar-refractivity contribution in [3.63, 3.8) is 0 Å². The van der Waals surface area contributed by atoms with E-state index in [2.05, 4.69) is 10.3 Å². The van der Waals surface area contributed by atoms with E-state index in [1.165, 1.54) is 12.1 Å². The van der Waals surface area contributed by atoms with Gasteiger partial charge in [-0.1, -0.05) is 24.3 Å². The van der Waals surface area contributed by atoms with Crippen LogP contribution in [0.15, 0.2) is 47.1 Å². The minimum atomic E-state index is -2.31. The molecule has 0 aromatic heterocycles. The van der Waals surface area contributed by atoms with Crippen molar-refractivity contribution in [3.05, 3.63) is 105 Å². The lowest BCUT2D eigenvalue weighted by Crippen LogP contribution is -2.15. The van der Waals surface area contributed by atoms with Crippen molar-refractivity contribution in [3.8, 4) is 11.1 Å². The van der Waals surface area contributed by atoms with Gasteiger partial charge in [0.2, 0.25) is 5.82 Å². The molecule has 3 aromatic carbocycles. The third-order valence-corrected chi connectivity index (χ3v) is 6.56. The lowest BCUT2D eigenvalue weighted by atomic mass is 9.90. The highest BCUT2D eigenvalue weighted by atomic mass is 19.2. The number of carbonyl (C=O) groups excluding carboxylic acids is 2. The molecule has 194 valence electrons. The highest BCUT2D eigenvalue weighted by Gasteiger charge is 2.30. The molecule has 0 fully saturated rings. The van der Waals surface area contributed by atoms with Crippen LogP contribution in [0.2, 0.25) is 0 Å². The Hall–Kier alpha value is -4.21. The van der Waals surface area contributed by atoms with Gasteiger partial charge in [0, 0.05) is 48.7 Å². The largest absolute Gasteiger partial charge is 0.348 e. The minimum Gasteiger partial charge on any atom is -0.348 e. The lowest BCUT2D eigenvalue weighted by molar-refractivity contribution is -0.117. The van der Waals surface area contributed by atoms with E-state index in [-0.39, 0.29) is 23.6 Å². The Bertz CT molecular complexity index is 1580. The molecule has 0 aliphatic carbocycles. The van der Waals surface area contributed by atoms with Crippen LogP contribution in [-0.4, -0.2) is 17.4 Å².